The van der Waals surface area contributed by atoms with Crippen LogP contribution in [0.4, 0.5) is 11.4 Å². The molecule has 1 amide bonds. The summed E-state index contributed by atoms with van der Waals surface area (Å²) in [7, 11) is 4.03. The van der Waals surface area contributed by atoms with Crippen LogP contribution in [0.15, 0.2) is 82.7 Å². The zero-order valence-corrected chi connectivity index (χ0v) is 19.1. The van der Waals surface area contributed by atoms with Crippen molar-refractivity contribution in [3.8, 4) is 11.1 Å². The van der Waals surface area contributed by atoms with Crippen molar-refractivity contribution >= 4 is 46.3 Å². The topological polar surface area (TPSA) is 82.0 Å². The van der Waals surface area contributed by atoms with Gasteiger partial charge in [-0.1, -0.05) is 48.5 Å². The molecule has 166 valence electrons. The molecular weight excluding hydrogens is 434 g/mol. The van der Waals surface area contributed by atoms with Crippen molar-refractivity contribution < 1.29 is 14.7 Å². The molecule has 3 aromatic rings. The molecule has 7 heteroatoms. The maximum atomic E-state index is 12.4. The fourth-order valence-electron chi connectivity index (χ4n) is 3.34. The summed E-state index contributed by atoms with van der Waals surface area (Å²) in [6.07, 6.45) is 1.81. The van der Waals surface area contributed by atoms with Gasteiger partial charge in [-0.2, -0.15) is 0 Å². The Morgan fingerprint density at radius 1 is 0.970 bits per heavy atom. The third-order valence-electron chi connectivity index (χ3n) is 5.10. The molecule has 1 aliphatic heterocycles. The van der Waals surface area contributed by atoms with Crippen molar-refractivity contribution in [3.63, 3.8) is 0 Å². The molecule has 0 unspecified atom stereocenters. The first-order chi connectivity index (χ1) is 15.9. The van der Waals surface area contributed by atoms with Gasteiger partial charge in [-0.05, 0) is 64.4 Å². The van der Waals surface area contributed by atoms with Crippen LogP contribution in [0.25, 0.3) is 17.2 Å². The maximum absolute atomic E-state index is 12.4. The first-order valence-electron chi connectivity index (χ1n) is 10.4. The largest absolute Gasteiger partial charge is 0.481 e. The van der Waals surface area contributed by atoms with Crippen LogP contribution >= 0.6 is 11.8 Å². The molecule has 0 spiro atoms. The number of aliphatic carboxylic acids is 1. The summed E-state index contributed by atoms with van der Waals surface area (Å²) in [6.45, 7) is 0. The molecule has 4 rings (SSSR count). The Morgan fingerprint density at radius 2 is 1.58 bits per heavy atom. The van der Waals surface area contributed by atoms with Crippen LogP contribution in [-0.4, -0.2) is 36.2 Å². The highest BCUT2D eigenvalue weighted by molar-refractivity contribution is 8.18. The number of nitrogens with one attached hydrogen (secondary N) is 1. The lowest BCUT2D eigenvalue weighted by Gasteiger charge is -2.12. The third kappa shape index (κ3) is 5.70. The molecule has 1 saturated heterocycles. The van der Waals surface area contributed by atoms with Crippen LogP contribution in [0.5, 0.6) is 0 Å². The predicted octanol–water partition coefficient (Wildman–Crippen LogP) is 4.94. The van der Waals surface area contributed by atoms with E-state index in [-0.39, 0.29) is 12.3 Å². The van der Waals surface area contributed by atoms with Crippen molar-refractivity contribution in [2.75, 3.05) is 19.0 Å². The van der Waals surface area contributed by atoms with E-state index in [1.54, 1.807) is 24.3 Å². The third-order valence-corrected chi connectivity index (χ3v) is 6.01. The standard InChI is InChI=1S/C26H23N3O3S/c1-29(2)22-13-9-20(10-14-22)19-7-3-17(4-8-19)15-23-25(32)28-26(33-23)27-21-11-5-18(6-12-21)16-24(30)31/h3-15H,16H2,1-2H3,(H,30,31)(H,27,28,32). The number of thioether (sulfide) groups is 1. The molecule has 33 heavy (non-hydrogen) atoms. The number of hydrogen-bond acceptors (Lipinski definition) is 5. The average molecular weight is 458 g/mol. The highest BCUT2D eigenvalue weighted by Crippen LogP contribution is 2.29. The number of nitrogens with zero attached hydrogens (tertiary/aromatic N) is 2. The van der Waals surface area contributed by atoms with E-state index in [1.165, 1.54) is 11.8 Å². The lowest BCUT2D eigenvalue weighted by molar-refractivity contribution is -0.136. The molecule has 2 N–H and O–H groups in total. The second kappa shape index (κ2) is 9.75. The van der Waals surface area contributed by atoms with Gasteiger partial charge in [0, 0.05) is 19.8 Å². The van der Waals surface area contributed by atoms with E-state index >= 15 is 0 Å². The van der Waals surface area contributed by atoms with Gasteiger partial charge in [0.15, 0.2) is 5.17 Å². The Balaban J connectivity index is 1.45. The van der Waals surface area contributed by atoms with Gasteiger partial charge in [-0.25, -0.2) is 4.99 Å². The van der Waals surface area contributed by atoms with Gasteiger partial charge in [0.1, 0.15) is 0 Å². The average Bonchev–Trinajstić information content (AvgIpc) is 3.14. The monoisotopic (exact) mass is 457 g/mol. The van der Waals surface area contributed by atoms with Gasteiger partial charge in [-0.3, -0.25) is 9.59 Å². The van der Waals surface area contributed by atoms with E-state index in [1.807, 2.05) is 44.4 Å². The summed E-state index contributed by atoms with van der Waals surface area (Å²) in [4.78, 5) is 30.3. The minimum atomic E-state index is -0.877. The van der Waals surface area contributed by atoms with Crippen molar-refractivity contribution in [1.29, 1.82) is 0 Å². The van der Waals surface area contributed by atoms with Crippen molar-refractivity contribution in [2.45, 2.75) is 6.42 Å². The Morgan fingerprint density at radius 3 is 2.15 bits per heavy atom. The molecule has 0 radical (unpaired) electrons. The summed E-state index contributed by atoms with van der Waals surface area (Å²) in [6, 6.07) is 23.4. The number of benzene rings is 3. The highest BCUT2D eigenvalue weighted by Gasteiger charge is 2.23. The number of carbonyl (C=O) groups excluding carboxylic acids is 1. The second-order valence-electron chi connectivity index (χ2n) is 7.78. The van der Waals surface area contributed by atoms with Gasteiger partial charge in [-0.15, -0.1) is 0 Å². The molecule has 0 aliphatic carbocycles. The molecule has 6 nitrogen and oxygen atoms in total. The normalized spacial score (nSPS) is 15.6. The SMILES string of the molecule is CN(C)c1ccc(-c2ccc(C=C3SC(=Nc4ccc(CC(=O)O)cc4)NC3=O)cc2)cc1. The van der Waals surface area contributed by atoms with Gasteiger partial charge in [0.2, 0.25) is 0 Å². The number of carbonyl (C=O) groups is 2. The molecule has 0 bridgehead atoms. The van der Waals surface area contributed by atoms with Gasteiger partial charge in [0.25, 0.3) is 5.91 Å². The minimum absolute atomic E-state index is 0.0323. The van der Waals surface area contributed by atoms with Crippen LogP contribution in [0.3, 0.4) is 0 Å². The van der Waals surface area contributed by atoms with Crippen molar-refractivity contribution in [3.05, 3.63) is 88.8 Å². The van der Waals surface area contributed by atoms with Crippen LogP contribution in [0, 0.1) is 0 Å². The summed E-state index contributed by atoms with van der Waals surface area (Å²) in [5.41, 5.74) is 5.68. The first kappa shape index (κ1) is 22.4. The quantitative estimate of drug-likeness (QED) is 0.513. The Labute approximate surface area is 196 Å². The number of amidine groups is 1. The van der Waals surface area contributed by atoms with Gasteiger partial charge in [0.05, 0.1) is 17.0 Å². The van der Waals surface area contributed by atoms with Gasteiger partial charge >= 0.3 is 5.97 Å². The summed E-state index contributed by atoms with van der Waals surface area (Å²) < 4.78 is 0. The summed E-state index contributed by atoms with van der Waals surface area (Å²) in [5, 5.41) is 12.1. The van der Waals surface area contributed by atoms with E-state index < -0.39 is 5.97 Å². The van der Waals surface area contributed by atoms with Crippen LogP contribution in [0.1, 0.15) is 11.1 Å². The number of carboxylic acid groups (broad SMARTS) is 1. The predicted molar refractivity (Wildman–Crippen MR) is 135 cm³/mol. The Bertz CT molecular complexity index is 1230. The molecule has 3 aromatic carbocycles. The van der Waals surface area contributed by atoms with E-state index in [0.29, 0.717) is 21.3 Å². The molecule has 0 aromatic heterocycles. The number of amides is 1. The lowest BCUT2D eigenvalue weighted by Crippen LogP contribution is -2.19. The van der Waals surface area contributed by atoms with Crippen molar-refractivity contribution in [1.82, 2.24) is 5.32 Å². The number of anilines is 1. The molecular formula is C26H23N3O3S. The van der Waals surface area contributed by atoms with E-state index in [2.05, 4.69) is 39.5 Å². The van der Waals surface area contributed by atoms with Crippen LogP contribution < -0.4 is 10.2 Å². The van der Waals surface area contributed by atoms with E-state index in [0.717, 1.165) is 22.4 Å². The fourth-order valence-corrected chi connectivity index (χ4v) is 4.18. The zero-order chi connectivity index (χ0) is 23.4. The number of carboxylic acids is 1. The minimum Gasteiger partial charge on any atom is -0.481 e. The maximum Gasteiger partial charge on any atom is 0.307 e. The zero-order valence-electron chi connectivity index (χ0n) is 18.3. The number of hydrogen-bond donors (Lipinski definition) is 2. The van der Waals surface area contributed by atoms with Gasteiger partial charge < -0.3 is 15.3 Å². The Hall–Kier alpha value is -3.84. The molecule has 1 fully saturated rings. The Kier molecular flexibility index (Phi) is 6.60. The lowest BCUT2D eigenvalue weighted by atomic mass is 10.0. The summed E-state index contributed by atoms with van der Waals surface area (Å²) >= 11 is 1.28. The van der Waals surface area contributed by atoms with Crippen molar-refractivity contribution in [2.24, 2.45) is 4.99 Å². The number of aliphatic imine (C=N–C) groups is 1. The van der Waals surface area contributed by atoms with Crippen LogP contribution in [-0.2, 0) is 16.0 Å². The number of rotatable bonds is 6. The fraction of sp³-hybridized carbons (Fsp3) is 0.115. The van der Waals surface area contributed by atoms with E-state index in [9.17, 15) is 9.59 Å². The molecule has 1 heterocycles. The van der Waals surface area contributed by atoms with Crippen LogP contribution in [0.2, 0.25) is 0 Å². The smallest absolute Gasteiger partial charge is 0.307 e. The van der Waals surface area contributed by atoms with E-state index in [4.69, 9.17) is 5.11 Å². The molecule has 1 aliphatic rings. The molecule has 0 saturated carbocycles. The second-order valence-corrected chi connectivity index (χ2v) is 8.81. The first-order valence-corrected chi connectivity index (χ1v) is 11.2. The molecule has 0 atom stereocenters. The summed E-state index contributed by atoms with van der Waals surface area (Å²) in [5.74, 6) is -1.07. The highest BCUT2D eigenvalue weighted by atomic mass is 32.2.